The summed E-state index contributed by atoms with van der Waals surface area (Å²) < 4.78 is 17.4. The minimum absolute atomic E-state index is 0.328. The van der Waals surface area contributed by atoms with Crippen molar-refractivity contribution in [2.45, 2.75) is 83.3 Å². The Hall–Kier alpha value is -0.256. The van der Waals surface area contributed by atoms with Crippen molar-refractivity contribution in [3.63, 3.8) is 0 Å². The molecule has 0 aromatic rings. The van der Waals surface area contributed by atoms with Crippen LogP contribution in [0.3, 0.4) is 0 Å². The highest BCUT2D eigenvalue weighted by Gasteiger charge is 2.47. The summed E-state index contributed by atoms with van der Waals surface area (Å²) in [6.45, 7) is 16.1. The molecule has 0 aromatic carbocycles. The van der Waals surface area contributed by atoms with Gasteiger partial charge >= 0.3 is 14.5 Å². The molecule has 0 amide bonds. The number of carboxylic acid groups (broad SMARTS) is 1. The van der Waals surface area contributed by atoms with E-state index >= 15 is 0 Å². The third kappa shape index (κ3) is 7.05. The van der Waals surface area contributed by atoms with E-state index in [1.54, 1.807) is 14.2 Å². The fourth-order valence-corrected chi connectivity index (χ4v) is 10.8. The zero-order chi connectivity index (χ0) is 20.5. The van der Waals surface area contributed by atoms with Gasteiger partial charge in [0, 0.05) is 20.8 Å². The van der Waals surface area contributed by atoms with Crippen LogP contribution in [-0.2, 0) is 18.1 Å². The van der Waals surface area contributed by atoms with Gasteiger partial charge in [0.05, 0.1) is 0 Å². The molecule has 0 heterocycles. The van der Waals surface area contributed by atoms with Crippen molar-refractivity contribution >= 4 is 22.8 Å². The molecular formula is C18H41NO5Si2. The number of aliphatic carboxylic acids is 1. The predicted octanol–water partition coefficient (Wildman–Crippen LogP) is 3.98. The monoisotopic (exact) mass is 407 g/mol. The summed E-state index contributed by atoms with van der Waals surface area (Å²) in [5.41, 5.74) is 1.08. The van der Waals surface area contributed by atoms with Gasteiger partial charge in [-0.05, 0) is 42.2 Å². The van der Waals surface area contributed by atoms with E-state index in [9.17, 15) is 9.90 Å². The summed E-state index contributed by atoms with van der Waals surface area (Å²) in [7, 11) is -0.906. The maximum Gasteiger partial charge on any atom is 0.334 e. The number of carbonyl (C=O) groups is 1. The van der Waals surface area contributed by atoms with Gasteiger partial charge in [0.25, 0.3) is 0 Å². The van der Waals surface area contributed by atoms with Crippen molar-refractivity contribution < 1.29 is 23.2 Å². The number of nitrogens with one attached hydrogen (secondary N) is 1. The maximum absolute atomic E-state index is 11.8. The second-order valence-corrected chi connectivity index (χ2v) is 17.1. The Kier molecular flexibility index (Phi) is 11.4. The Morgan fingerprint density at radius 3 is 1.81 bits per heavy atom. The summed E-state index contributed by atoms with van der Waals surface area (Å²) in [4.78, 5) is 11.8. The highest BCUT2D eigenvalue weighted by Crippen LogP contribution is 2.42. The van der Waals surface area contributed by atoms with E-state index in [-0.39, 0.29) is 0 Å². The van der Waals surface area contributed by atoms with Crippen LogP contribution in [-0.4, -0.2) is 61.4 Å². The Morgan fingerprint density at radius 2 is 1.46 bits per heavy atom. The lowest BCUT2D eigenvalue weighted by Gasteiger charge is -2.43. The molecule has 156 valence electrons. The average molecular weight is 408 g/mol. The van der Waals surface area contributed by atoms with Crippen molar-refractivity contribution in [3.05, 3.63) is 0 Å². The van der Waals surface area contributed by atoms with Gasteiger partial charge in [0.1, 0.15) is 0 Å². The lowest BCUT2D eigenvalue weighted by molar-refractivity contribution is -0.145. The first-order valence-electron chi connectivity index (χ1n) is 9.68. The largest absolute Gasteiger partial charge is 0.479 e. The van der Waals surface area contributed by atoms with Gasteiger partial charge in [-0.15, -0.1) is 0 Å². The SMILES string of the molecule is CO[Si](C)(CCCNCC(O[Si](C(C)C)(C(C)C)C(C)C)C(=O)O)OC. The molecule has 0 spiro atoms. The summed E-state index contributed by atoms with van der Waals surface area (Å²) in [6, 6.07) is 0.869. The van der Waals surface area contributed by atoms with Crippen LogP contribution in [0.2, 0.25) is 29.2 Å². The Bertz CT molecular complexity index is 393. The molecule has 0 saturated heterocycles. The van der Waals surface area contributed by atoms with Gasteiger partial charge in [-0.1, -0.05) is 41.5 Å². The Balaban J connectivity index is 4.82. The lowest BCUT2D eigenvalue weighted by atomic mass is 10.3. The summed E-state index contributed by atoms with van der Waals surface area (Å²) >= 11 is 0. The minimum atomic E-state index is -2.22. The first kappa shape index (κ1) is 25.7. The second-order valence-electron chi connectivity index (χ2n) is 8.11. The lowest BCUT2D eigenvalue weighted by Crippen LogP contribution is -2.53. The van der Waals surface area contributed by atoms with Crippen molar-refractivity contribution in [1.29, 1.82) is 0 Å². The topological polar surface area (TPSA) is 77.0 Å². The van der Waals surface area contributed by atoms with E-state index in [0.29, 0.717) is 23.2 Å². The van der Waals surface area contributed by atoms with Gasteiger partial charge in [-0.3, -0.25) is 0 Å². The normalized spacial score (nSPS) is 14.5. The minimum Gasteiger partial charge on any atom is -0.479 e. The van der Waals surface area contributed by atoms with E-state index in [0.717, 1.165) is 19.0 Å². The van der Waals surface area contributed by atoms with Crippen LogP contribution in [0.5, 0.6) is 0 Å². The molecule has 1 atom stereocenters. The van der Waals surface area contributed by atoms with Gasteiger partial charge < -0.3 is 23.7 Å². The van der Waals surface area contributed by atoms with Gasteiger partial charge in [0.15, 0.2) is 6.10 Å². The van der Waals surface area contributed by atoms with Crippen LogP contribution in [0, 0.1) is 0 Å². The van der Waals surface area contributed by atoms with Gasteiger partial charge in [-0.25, -0.2) is 4.79 Å². The molecule has 0 fully saturated rings. The molecule has 2 N–H and O–H groups in total. The molecule has 8 heteroatoms. The highest BCUT2D eigenvalue weighted by molar-refractivity contribution is 6.77. The maximum atomic E-state index is 11.8. The van der Waals surface area contributed by atoms with E-state index in [2.05, 4.69) is 46.9 Å². The van der Waals surface area contributed by atoms with E-state index in [1.807, 2.05) is 6.55 Å². The molecular weight excluding hydrogens is 366 g/mol. The van der Waals surface area contributed by atoms with Crippen molar-refractivity contribution in [3.8, 4) is 0 Å². The standard InChI is InChI=1S/C18H41NO5Si2/c1-14(2)26(15(3)4,16(5)6)24-17(18(20)21)13-19-11-10-12-25(9,22-7)23-8/h14-17,19H,10-13H2,1-9H3,(H,20,21). The average Bonchev–Trinajstić information content (AvgIpc) is 2.55. The molecule has 0 radical (unpaired) electrons. The number of hydrogen-bond acceptors (Lipinski definition) is 5. The van der Waals surface area contributed by atoms with Crippen molar-refractivity contribution in [1.82, 2.24) is 5.32 Å². The molecule has 0 aliphatic rings. The highest BCUT2D eigenvalue weighted by atomic mass is 28.4. The predicted molar refractivity (Wildman–Crippen MR) is 111 cm³/mol. The molecule has 0 aliphatic carbocycles. The van der Waals surface area contributed by atoms with Crippen LogP contribution in [0.25, 0.3) is 0 Å². The second kappa shape index (κ2) is 11.6. The fraction of sp³-hybridized carbons (Fsp3) is 0.944. The van der Waals surface area contributed by atoms with E-state index in [4.69, 9.17) is 13.3 Å². The number of hydrogen-bond donors (Lipinski definition) is 2. The molecule has 0 aliphatic heterocycles. The quantitative estimate of drug-likeness (QED) is 0.335. The summed E-state index contributed by atoms with van der Waals surface area (Å²) in [6.07, 6.45) is 0.0834. The smallest absolute Gasteiger partial charge is 0.334 e. The fourth-order valence-electron chi connectivity index (χ4n) is 3.89. The third-order valence-electron chi connectivity index (χ3n) is 5.51. The molecule has 0 aromatic heterocycles. The van der Waals surface area contributed by atoms with Crippen molar-refractivity contribution in [2.75, 3.05) is 27.3 Å². The molecule has 26 heavy (non-hydrogen) atoms. The molecule has 6 nitrogen and oxygen atoms in total. The molecule has 0 saturated carbocycles. The van der Waals surface area contributed by atoms with E-state index < -0.39 is 29.0 Å². The van der Waals surface area contributed by atoms with Crippen LogP contribution < -0.4 is 5.32 Å². The van der Waals surface area contributed by atoms with Crippen LogP contribution in [0.4, 0.5) is 0 Å². The van der Waals surface area contributed by atoms with Crippen LogP contribution in [0.15, 0.2) is 0 Å². The zero-order valence-electron chi connectivity index (χ0n) is 18.2. The van der Waals surface area contributed by atoms with Crippen LogP contribution >= 0.6 is 0 Å². The number of rotatable bonds is 14. The van der Waals surface area contributed by atoms with Crippen LogP contribution in [0.1, 0.15) is 48.0 Å². The molecule has 0 rings (SSSR count). The summed E-state index contributed by atoms with van der Waals surface area (Å²) in [5, 5.41) is 12.9. The molecule has 1 unspecified atom stereocenters. The van der Waals surface area contributed by atoms with Gasteiger partial charge in [-0.2, -0.15) is 0 Å². The van der Waals surface area contributed by atoms with E-state index in [1.165, 1.54) is 0 Å². The Labute approximate surface area is 162 Å². The Morgan fingerprint density at radius 1 is 1.00 bits per heavy atom. The van der Waals surface area contributed by atoms with Gasteiger partial charge in [0.2, 0.25) is 8.32 Å². The first-order chi connectivity index (χ1) is 12.0. The third-order valence-corrected chi connectivity index (χ3v) is 14.6. The summed E-state index contributed by atoms with van der Waals surface area (Å²) in [5.74, 6) is -0.885. The molecule has 0 bridgehead atoms. The number of carboxylic acids is 1. The zero-order valence-corrected chi connectivity index (χ0v) is 20.2. The van der Waals surface area contributed by atoms with Crippen molar-refractivity contribution in [2.24, 2.45) is 0 Å². The first-order valence-corrected chi connectivity index (χ1v) is 14.3.